The van der Waals surface area contributed by atoms with Gasteiger partial charge in [0.05, 0.1) is 16.6 Å². The van der Waals surface area contributed by atoms with Crippen LogP contribution < -0.4 is 9.46 Å². The Morgan fingerprint density at radius 3 is 2.34 bits per heavy atom. The van der Waals surface area contributed by atoms with Crippen LogP contribution in [0.15, 0.2) is 59.5 Å². The van der Waals surface area contributed by atoms with Gasteiger partial charge in [-0.3, -0.25) is 9.52 Å². The van der Waals surface area contributed by atoms with Crippen LogP contribution in [-0.4, -0.2) is 72.6 Å². The predicted octanol–water partition coefficient (Wildman–Crippen LogP) is 7.60. The quantitative estimate of drug-likeness (QED) is 0.298. The molecule has 4 bridgehead atoms. The van der Waals surface area contributed by atoms with Crippen LogP contribution in [0, 0.1) is 25.2 Å². The monoisotopic (exact) mass is 702 g/mol. The topological polar surface area (TPSA) is 118 Å². The molecule has 50 heavy (non-hydrogen) atoms. The standard InChI is InChI=1S/C39H50N4O6S/c1-25(2)18-29-24-48-31-20-33(35-26(3)10-8-11-27(35)4)40-34(21-31)41-50(46,47)32-13-9-12-28(19-32)36(44)43(29)30-22-39(23-30)14-16-42(17-15-39)37(45)49-38(5,6)7/h8-13,19-21,25,29-30H,14-18,22-24H2,1-7H3,(H,40,41)/t29-/m1/s1. The van der Waals surface area contributed by atoms with Crippen LogP contribution in [0.4, 0.5) is 10.6 Å². The van der Waals surface area contributed by atoms with E-state index < -0.39 is 15.6 Å². The van der Waals surface area contributed by atoms with Crippen LogP contribution in [-0.2, 0) is 14.8 Å². The molecule has 11 heteroatoms. The Morgan fingerprint density at radius 1 is 1.04 bits per heavy atom. The zero-order chi connectivity index (χ0) is 36.0. The second-order valence-electron chi connectivity index (χ2n) is 15.8. The first kappa shape index (κ1) is 35.7. The van der Waals surface area contributed by atoms with E-state index in [0.717, 1.165) is 42.4 Å². The average molecular weight is 703 g/mol. The van der Waals surface area contributed by atoms with Gasteiger partial charge in [-0.15, -0.1) is 0 Å². The first-order valence-electron chi connectivity index (χ1n) is 17.7. The summed E-state index contributed by atoms with van der Waals surface area (Å²) < 4.78 is 42.3. The molecule has 3 aliphatic rings. The van der Waals surface area contributed by atoms with Crippen molar-refractivity contribution in [3.63, 3.8) is 0 Å². The van der Waals surface area contributed by atoms with Gasteiger partial charge in [-0.05, 0) is 107 Å². The van der Waals surface area contributed by atoms with Crippen molar-refractivity contribution in [2.24, 2.45) is 11.3 Å². The highest BCUT2D eigenvalue weighted by molar-refractivity contribution is 7.92. The Balaban J connectivity index is 1.34. The number of nitrogens with one attached hydrogen (secondary N) is 1. The Labute approximate surface area is 296 Å². The number of sulfonamides is 1. The molecule has 1 saturated heterocycles. The number of piperidine rings is 1. The van der Waals surface area contributed by atoms with E-state index in [1.54, 1.807) is 23.1 Å². The first-order chi connectivity index (χ1) is 23.5. The molecule has 1 N–H and O–H groups in total. The number of carbonyl (C=O) groups is 2. The van der Waals surface area contributed by atoms with Gasteiger partial charge in [0.15, 0.2) is 0 Å². The molecule has 2 aliphatic heterocycles. The van der Waals surface area contributed by atoms with Gasteiger partial charge in [0, 0.05) is 42.4 Å². The minimum absolute atomic E-state index is 0.00991. The molecule has 1 aliphatic carbocycles. The molecule has 268 valence electrons. The van der Waals surface area contributed by atoms with E-state index in [9.17, 15) is 18.0 Å². The van der Waals surface area contributed by atoms with Crippen LogP contribution in [0.25, 0.3) is 11.3 Å². The maximum absolute atomic E-state index is 14.6. The molecular weight excluding hydrogens is 653 g/mol. The number of ether oxygens (including phenoxy) is 2. The fourth-order valence-corrected chi connectivity index (χ4v) is 8.83. The van der Waals surface area contributed by atoms with Crippen molar-refractivity contribution < 1.29 is 27.5 Å². The van der Waals surface area contributed by atoms with Crippen molar-refractivity contribution in [3.8, 4) is 17.0 Å². The molecule has 6 rings (SSSR count). The van der Waals surface area contributed by atoms with Crippen LogP contribution in [0.2, 0.25) is 0 Å². The number of hydrogen-bond acceptors (Lipinski definition) is 7. The number of nitrogens with zero attached hydrogens (tertiary/aromatic N) is 3. The van der Waals surface area contributed by atoms with Gasteiger partial charge in [-0.1, -0.05) is 38.1 Å². The predicted molar refractivity (Wildman–Crippen MR) is 194 cm³/mol. The first-order valence-corrected chi connectivity index (χ1v) is 19.2. The Hall–Kier alpha value is -4.12. The molecule has 2 amide bonds. The van der Waals surface area contributed by atoms with Crippen molar-refractivity contribution in [2.45, 2.75) is 103 Å². The van der Waals surface area contributed by atoms with Gasteiger partial charge in [0.1, 0.15) is 23.8 Å². The molecule has 3 aromatic rings. The second-order valence-corrected chi connectivity index (χ2v) is 17.5. The fourth-order valence-electron chi connectivity index (χ4n) is 7.79. The number of rotatable bonds is 4. The summed E-state index contributed by atoms with van der Waals surface area (Å²) in [6.07, 6.45) is 3.73. The number of aromatic nitrogens is 1. The smallest absolute Gasteiger partial charge is 0.410 e. The summed E-state index contributed by atoms with van der Waals surface area (Å²) in [5.74, 6) is 0.684. The summed E-state index contributed by atoms with van der Waals surface area (Å²) in [4.78, 5) is 35.8. The summed E-state index contributed by atoms with van der Waals surface area (Å²) in [5.41, 5.74) is 3.34. The molecule has 2 fully saturated rings. The van der Waals surface area contributed by atoms with Crippen molar-refractivity contribution in [1.82, 2.24) is 14.8 Å². The molecule has 2 aromatic carbocycles. The minimum atomic E-state index is -4.09. The third-order valence-electron chi connectivity index (χ3n) is 10.2. The van der Waals surface area contributed by atoms with Crippen LogP contribution in [0.3, 0.4) is 0 Å². The molecule has 1 atom stereocenters. The minimum Gasteiger partial charge on any atom is -0.491 e. The van der Waals surface area contributed by atoms with E-state index in [0.29, 0.717) is 36.5 Å². The second kappa shape index (κ2) is 13.5. The summed E-state index contributed by atoms with van der Waals surface area (Å²) in [5, 5.41) is 0. The molecule has 1 saturated carbocycles. The molecule has 10 nitrogen and oxygen atoms in total. The third-order valence-corrected chi connectivity index (χ3v) is 11.5. The van der Waals surface area contributed by atoms with E-state index in [2.05, 4.69) is 18.6 Å². The summed E-state index contributed by atoms with van der Waals surface area (Å²) >= 11 is 0. The van der Waals surface area contributed by atoms with E-state index in [4.69, 9.17) is 14.5 Å². The van der Waals surface area contributed by atoms with Crippen LogP contribution in [0.1, 0.15) is 88.2 Å². The molecule has 3 heterocycles. The van der Waals surface area contributed by atoms with Crippen LogP contribution >= 0.6 is 0 Å². The molecular formula is C39H50N4O6S. The molecule has 0 radical (unpaired) electrons. The highest BCUT2D eigenvalue weighted by atomic mass is 32.2. The Kier molecular flexibility index (Phi) is 9.67. The van der Waals surface area contributed by atoms with Gasteiger partial charge in [-0.2, -0.15) is 0 Å². The number of carbonyl (C=O) groups excluding carboxylic acids is 2. The van der Waals surface area contributed by atoms with Crippen LogP contribution in [0.5, 0.6) is 5.75 Å². The lowest BCUT2D eigenvalue weighted by molar-refractivity contribution is -0.0553. The lowest BCUT2D eigenvalue weighted by Crippen LogP contribution is -2.60. The number of anilines is 1. The third kappa shape index (κ3) is 7.62. The zero-order valence-electron chi connectivity index (χ0n) is 30.3. The molecule has 1 spiro atoms. The number of hydrogen-bond donors (Lipinski definition) is 1. The number of pyridine rings is 1. The number of benzene rings is 2. The van der Waals surface area contributed by atoms with Crippen molar-refractivity contribution >= 4 is 27.8 Å². The van der Waals surface area contributed by atoms with E-state index >= 15 is 0 Å². The summed E-state index contributed by atoms with van der Waals surface area (Å²) in [6.45, 7) is 15.4. The van der Waals surface area contributed by atoms with Gasteiger partial charge >= 0.3 is 6.09 Å². The van der Waals surface area contributed by atoms with Crippen molar-refractivity contribution in [2.75, 3.05) is 24.4 Å². The van der Waals surface area contributed by atoms with Gasteiger partial charge < -0.3 is 19.3 Å². The highest BCUT2D eigenvalue weighted by Crippen LogP contribution is 2.52. The SMILES string of the molecule is Cc1cccc(C)c1-c1cc2cc(n1)NS(=O)(=O)c1cccc(c1)C(=O)N(C1CC3(CCN(C(=O)OC(C)(C)C)CC3)C1)[C@H](CC(C)C)CO2. The largest absolute Gasteiger partial charge is 0.491 e. The van der Waals surface area contributed by atoms with Gasteiger partial charge in [-0.25, -0.2) is 18.2 Å². The lowest BCUT2D eigenvalue weighted by Gasteiger charge is -2.56. The summed E-state index contributed by atoms with van der Waals surface area (Å²) in [6, 6.07) is 15.4. The maximum Gasteiger partial charge on any atom is 0.410 e. The Morgan fingerprint density at radius 2 is 1.70 bits per heavy atom. The number of aryl methyl sites for hydroxylation is 2. The van der Waals surface area contributed by atoms with Gasteiger partial charge in [0.2, 0.25) is 0 Å². The Bertz CT molecular complexity index is 1850. The van der Waals surface area contributed by atoms with E-state index in [1.807, 2.05) is 63.8 Å². The number of amides is 2. The normalized spacial score (nSPS) is 20.6. The van der Waals surface area contributed by atoms with Crippen molar-refractivity contribution in [1.29, 1.82) is 0 Å². The molecule has 0 unspecified atom stereocenters. The lowest BCUT2D eigenvalue weighted by atomic mass is 9.59. The molecule has 1 aromatic heterocycles. The van der Waals surface area contributed by atoms with Gasteiger partial charge in [0.25, 0.3) is 15.9 Å². The van der Waals surface area contributed by atoms with E-state index in [-0.39, 0.29) is 52.7 Å². The number of likely N-dealkylation sites (tertiary alicyclic amines) is 1. The van der Waals surface area contributed by atoms with Crippen molar-refractivity contribution in [3.05, 3.63) is 71.3 Å². The summed E-state index contributed by atoms with van der Waals surface area (Å²) in [7, 11) is -4.09. The van der Waals surface area contributed by atoms with E-state index in [1.165, 1.54) is 12.1 Å². The average Bonchev–Trinajstić information content (AvgIpc) is 3.01. The zero-order valence-corrected chi connectivity index (χ0v) is 31.1. The highest BCUT2D eigenvalue weighted by Gasteiger charge is 2.51. The maximum atomic E-state index is 14.6. The fraction of sp³-hybridized carbons (Fsp3) is 0.513. The number of fused-ring (bicyclic) bond motifs is 4.